The number of rotatable bonds is 5. The van der Waals surface area contributed by atoms with Crippen LogP contribution in [0.4, 0.5) is 5.82 Å². The van der Waals surface area contributed by atoms with Crippen molar-refractivity contribution >= 4 is 40.4 Å². The number of carbonyl (C=O) groups excluding carboxylic acids is 1. The Morgan fingerprint density at radius 2 is 1.89 bits per heavy atom. The number of carbonyl (C=O) groups is 1. The van der Waals surface area contributed by atoms with Gasteiger partial charge in [0.25, 0.3) is 0 Å². The second kappa shape index (κ2) is 8.82. The summed E-state index contributed by atoms with van der Waals surface area (Å²) in [6, 6.07) is 14.5. The molecule has 1 aliphatic rings. The fourth-order valence-electron chi connectivity index (χ4n) is 3.88. The van der Waals surface area contributed by atoms with E-state index in [1.807, 2.05) is 37.3 Å². The molecule has 178 valence electrons. The largest absolute Gasteiger partial charge is 0.454 e. The maximum atomic E-state index is 12.7. The van der Waals surface area contributed by atoms with E-state index >= 15 is 0 Å². The number of fused-ring (bicyclic) bond motifs is 2. The van der Waals surface area contributed by atoms with E-state index in [2.05, 4.69) is 25.5 Å². The second-order valence-corrected chi connectivity index (χ2v) is 8.42. The summed E-state index contributed by atoms with van der Waals surface area (Å²) in [6.07, 6.45) is 6.25. The third-order valence-corrected chi connectivity index (χ3v) is 5.78. The van der Waals surface area contributed by atoms with Crippen LogP contribution in [0.3, 0.4) is 0 Å². The minimum Gasteiger partial charge on any atom is -0.454 e. The van der Waals surface area contributed by atoms with Crippen molar-refractivity contribution in [3.05, 3.63) is 83.4 Å². The molecule has 0 atom stereocenters. The topological polar surface area (TPSA) is 109 Å². The van der Waals surface area contributed by atoms with Gasteiger partial charge in [-0.05, 0) is 55.0 Å². The number of anilines is 1. The number of nitrogens with one attached hydrogen (secondary N) is 1. The lowest BCUT2D eigenvalue weighted by molar-refractivity contribution is -0.111. The number of halogens is 1. The summed E-state index contributed by atoms with van der Waals surface area (Å²) in [5.41, 5.74) is 2.92. The lowest BCUT2D eigenvalue weighted by Crippen LogP contribution is -2.13. The van der Waals surface area contributed by atoms with Gasteiger partial charge in [-0.1, -0.05) is 17.7 Å². The van der Waals surface area contributed by atoms with Gasteiger partial charge >= 0.3 is 0 Å². The molecule has 0 saturated heterocycles. The van der Waals surface area contributed by atoms with E-state index in [-0.39, 0.29) is 12.7 Å². The second-order valence-electron chi connectivity index (χ2n) is 7.99. The fourth-order valence-corrected chi connectivity index (χ4v) is 4.00. The zero-order valence-corrected chi connectivity index (χ0v) is 19.7. The van der Waals surface area contributed by atoms with Gasteiger partial charge in [-0.25, -0.2) is 14.6 Å². The molecule has 1 amide bonds. The molecule has 3 aromatic heterocycles. The zero-order chi connectivity index (χ0) is 24.6. The Morgan fingerprint density at radius 3 is 2.75 bits per heavy atom. The predicted octanol–water partition coefficient (Wildman–Crippen LogP) is 4.34. The molecular formula is C25H18ClN7O3. The highest BCUT2D eigenvalue weighted by atomic mass is 35.5. The van der Waals surface area contributed by atoms with Crippen molar-refractivity contribution in [2.75, 3.05) is 12.1 Å². The van der Waals surface area contributed by atoms with Crippen LogP contribution in [0.1, 0.15) is 11.3 Å². The fraction of sp³-hybridized carbons (Fsp3) is 0.0800. The van der Waals surface area contributed by atoms with Gasteiger partial charge in [0.05, 0.1) is 23.0 Å². The monoisotopic (exact) mass is 499 g/mol. The summed E-state index contributed by atoms with van der Waals surface area (Å²) >= 11 is 6.02. The van der Waals surface area contributed by atoms with E-state index in [0.29, 0.717) is 44.9 Å². The number of benzene rings is 2. The van der Waals surface area contributed by atoms with E-state index in [0.717, 1.165) is 11.3 Å². The van der Waals surface area contributed by atoms with Crippen molar-refractivity contribution in [1.29, 1.82) is 0 Å². The van der Waals surface area contributed by atoms with Crippen LogP contribution in [-0.4, -0.2) is 42.2 Å². The number of nitrogens with zero attached hydrogens (tertiary/aromatic N) is 6. The van der Waals surface area contributed by atoms with Crippen LogP contribution in [0.25, 0.3) is 28.6 Å². The molecule has 0 radical (unpaired) electrons. The van der Waals surface area contributed by atoms with Crippen molar-refractivity contribution < 1.29 is 14.3 Å². The van der Waals surface area contributed by atoms with Gasteiger partial charge in [0.1, 0.15) is 12.1 Å². The predicted molar refractivity (Wildman–Crippen MR) is 134 cm³/mol. The number of hydrogen-bond donors (Lipinski definition) is 1. The first-order chi connectivity index (χ1) is 17.5. The number of aryl methyl sites for hydroxylation is 1. The molecule has 6 rings (SSSR count). The summed E-state index contributed by atoms with van der Waals surface area (Å²) in [4.78, 5) is 21.6. The van der Waals surface area contributed by atoms with Gasteiger partial charge in [0.15, 0.2) is 23.0 Å². The zero-order valence-electron chi connectivity index (χ0n) is 18.9. The average Bonchev–Trinajstić information content (AvgIpc) is 3.61. The van der Waals surface area contributed by atoms with E-state index < -0.39 is 0 Å². The molecule has 1 aliphatic heterocycles. The first-order valence-corrected chi connectivity index (χ1v) is 11.3. The number of ether oxygens (including phenoxy) is 2. The molecular weight excluding hydrogens is 482 g/mol. The average molecular weight is 500 g/mol. The summed E-state index contributed by atoms with van der Waals surface area (Å²) in [5, 5.41) is 13.2. The van der Waals surface area contributed by atoms with Crippen LogP contribution >= 0.6 is 11.6 Å². The summed E-state index contributed by atoms with van der Waals surface area (Å²) in [6.45, 7) is 2.03. The van der Waals surface area contributed by atoms with Crippen molar-refractivity contribution in [3.63, 3.8) is 0 Å². The normalized spacial score (nSPS) is 12.5. The van der Waals surface area contributed by atoms with Gasteiger partial charge in [-0.15, -0.1) is 0 Å². The van der Waals surface area contributed by atoms with Crippen molar-refractivity contribution in [2.24, 2.45) is 0 Å². The van der Waals surface area contributed by atoms with E-state index in [9.17, 15) is 4.79 Å². The Hall–Kier alpha value is -4.70. The Bertz CT molecular complexity index is 1640. The maximum Gasteiger partial charge on any atom is 0.249 e. The molecule has 1 N–H and O–H groups in total. The first-order valence-electron chi connectivity index (χ1n) is 11.0. The third kappa shape index (κ3) is 4.03. The van der Waals surface area contributed by atoms with Crippen LogP contribution in [0.2, 0.25) is 5.02 Å². The third-order valence-electron chi connectivity index (χ3n) is 5.52. The molecule has 0 unspecified atom stereocenters. The SMILES string of the molecule is Cc1cc(NC(=O)/C=C/c2ccc3c(c2)OCO3)n(-c2ncnc3c2cnn3-c2ccc(Cl)cc2)n1. The molecule has 5 aromatic rings. The maximum absolute atomic E-state index is 12.7. The van der Waals surface area contributed by atoms with Crippen molar-refractivity contribution in [2.45, 2.75) is 6.92 Å². The highest BCUT2D eigenvalue weighted by molar-refractivity contribution is 6.30. The number of hydrogen-bond acceptors (Lipinski definition) is 7. The summed E-state index contributed by atoms with van der Waals surface area (Å²) in [7, 11) is 0. The molecule has 10 nitrogen and oxygen atoms in total. The molecule has 0 fully saturated rings. The van der Waals surface area contributed by atoms with Gasteiger partial charge in [-0.2, -0.15) is 14.9 Å². The molecule has 0 aliphatic carbocycles. The van der Waals surface area contributed by atoms with E-state index in [1.165, 1.54) is 12.4 Å². The molecule has 0 spiro atoms. The van der Waals surface area contributed by atoms with Gasteiger partial charge in [0, 0.05) is 17.2 Å². The molecule has 36 heavy (non-hydrogen) atoms. The Labute approximate surface area is 209 Å². The minimum absolute atomic E-state index is 0.196. The Kier molecular flexibility index (Phi) is 5.34. The molecule has 0 bridgehead atoms. The lowest BCUT2D eigenvalue weighted by Gasteiger charge is -2.08. The van der Waals surface area contributed by atoms with Crippen molar-refractivity contribution in [1.82, 2.24) is 29.5 Å². The number of amides is 1. The highest BCUT2D eigenvalue weighted by Crippen LogP contribution is 2.33. The van der Waals surface area contributed by atoms with Crippen LogP contribution in [-0.2, 0) is 4.79 Å². The van der Waals surface area contributed by atoms with Crippen LogP contribution in [0.15, 0.2) is 67.1 Å². The van der Waals surface area contributed by atoms with Gasteiger partial charge < -0.3 is 14.8 Å². The Morgan fingerprint density at radius 1 is 1.06 bits per heavy atom. The Balaban J connectivity index is 1.29. The quantitative estimate of drug-likeness (QED) is 0.358. The van der Waals surface area contributed by atoms with Gasteiger partial charge in [-0.3, -0.25) is 4.79 Å². The molecule has 0 saturated carbocycles. The number of aromatic nitrogens is 6. The summed E-state index contributed by atoms with van der Waals surface area (Å²) in [5.74, 6) is 1.97. The standard InChI is InChI=1S/C25H18ClN7O3/c1-15-10-22(30-23(34)9-3-16-2-8-20-21(11-16)36-14-35-20)33(31-15)25-19-12-29-32(24(19)27-13-28-25)18-6-4-17(26)5-7-18/h2-13H,14H2,1H3,(H,30,34)/b9-3+. The molecule has 2 aromatic carbocycles. The smallest absolute Gasteiger partial charge is 0.249 e. The van der Waals surface area contributed by atoms with Crippen molar-refractivity contribution in [3.8, 4) is 23.0 Å². The van der Waals surface area contributed by atoms with E-state index in [1.54, 1.807) is 39.8 Å². The molecule has 11 heteroatoms. The van der Waals surface area contributed by atoms with E-state index in [4.69, 9.17) is 21.1 Å². The lowest BCUT2D eigenvalue weighted by atomic mass is 10.2. The minimum atomic E-state index is -0.323. The first kappa shape index (κ1) is 21.8. The van der Waals surface area contributed by atoms with Crippen LogP contribution in [0.5, 0.6) is 11.5 Å². The van der Waals surface area contributed by atoms with Crippen LogP contribution in [0, 0.1) is 6.92 Å². The summed E-state index contributed by atoms with van der Waals surface area (Å²) < 4.78 is 14.0. The van der Waals surface area contributed by atoms with Gasteiger partial charge in [0.2, 0.25) is 12.7 Å². The van der Waals surface area contributed by atoms with Crippen LogP contribution < -0.4 is 14.8 Å². The molecule has 4 heterocycles. The highest BCUT2D eigenvalue weighted by Gasteiger charge is 2.17.